The third-order valence-corrected chi connectivity index (χ3v) is 5.53. The Morgan fingerprint density at radius 3 is 2.96 bits per heavy atom. The van der Waals surface area contributed by atoms with Gasteiger partial charge in [-0.1, -0.05) is 23.4 Å². The molecule has 0 bridgehead atoms. The van der Waals surface area contributed by atoms with E-state index < -0.39 is 0 Å². The summed E-state index contributed by atoms with van der Waals surface area (Å²) in [5.41, 5.74) is 1.52. The van der Waals surface area contributed by atoms with Gasteiger partial charge in [-0.2, -0.15) is 0 Å². The molecule has 2 aromatic heterocycles. The summed E-state index contributed by atoms with van der Waals surface area (Å²) in [4.78, 5) is 29.5. The van der Waals surface area contributed by atoms with Crippen molar-refractivity contribution in [2.24, 2.45) is 7.05 Å². The highest BCUT2D eigenvalue weighted by atomic mass is 35.5. The van der Waals surface area contributed by atoms with Crippen LogP contribution in [0.1, 0.15) is 5.56 Å². The van der Waals surface area contributed by atoms with Gasteiger partial charge in [0.25, 0.3) is 5.56 Å². The lowest BCUT2D eigenvalue weighted by Gasteiger charge is -2.09. The second-order valence-electron chi connectivity index (χ2n) is 5.19. The van der Waals surface area contributed by atoms with Crippen LogP contribution in [-0.4, -0.2) is 21.2 Å². The highest BCUT2D eigenvalue weighted by Crippen LogP contribution is 2.22. The molecule has 8 heteroatoms. The van der Waals surface area contributed by atoms with Crippen LogP contribution in [0, 0.1) is 6.92 Å². The molecule has 0 radical (unpaired) electrons. The van der Waals surface area contributed by atoms with Gasteiger partial charge >= 0.3 is 0 Å². The molecule has 1 aromatic carbocycles. The number of thiophene rings is 1. The molecule has 2 heterocycles. The van der Waals surface area contributed by atoms with Crippen LogP contribution in [-0.2, 0) is 11.8 Å². The minimum Gasteiger partial charge on any atom is -0.325 e. The van der Waals surface area contributed by atoms with Crippen molar-refractivity contribution >= 4 is 56.5 Å². The van der Waals surface area contributed by atoms with Gasteiger partial charge in [0.15, 0.2) is 5.16 Å². The smallest absolute Gasteiger partial charge is 0.262 e. The Bertz CT molecular complexity index is 981. The predicted molar refractivity (Wildman–Crippen MR) is 100 cm³/mol. The summed E-state index contributed by atoms with van der Waals surface area (Å²) in [5, 5.41) is 6.44. The number of aryl methyl sites for hydroxylation is 1. The molecule has 0 saturated heterocycles. The maximum atomic E-state index is 12.2. The van der Waals surface area contributed by atoms with Gasteiger partial charge in [-0.25, -0.2) is 4.98 Å². The van der Waals surface area contributed by atoms with Crippen LogP contribution in [0.5, 0.6) is 0 Å². The van der Waals surface area contributed by atoms with Crippen LogP contribution in [0.25, 0.3) is 10.2 Å². The molecular weight excluding hydrogens is 366 g/mol. The first-order chi connectivity index (χ1) is 11.5. The van der Waals surface area contributed by atoms with Gasteiger partial charge in [0.05, 0.1) is 11.1 Å². The fourth-order valence-electron chi connectivity index (χ4n) is 2.19. The minimum atomic E-state index is -0.161. The molecule has 0 atom stereocenters. The highest BCUT2D eigenvalue weighted by molar-refractivity contribution is 7.99. The number of halogens is 1. The first-order valence-electron chi connectivity index (χ1n) is 7.09. The van der Waals surface area contributed by atoms with E-state index in [1.807, 2.05) is 12.3 Å². The summed E-state index contributed by atoms with van der Waals surface area (Å²) in [6.45, 7) is 1.88. The Morgan fingerprint density at radius 1 is 1.42 bits per heavy atom. The first-order valence-corrected chi connectivity index (χ1v) is 9.33. The van der Waals surface area contributed by atoms with Gasteiger partial charge < -0.3 is 5.32 Å². The Morgan fingerprint density at radius 2 is 2.21 bits per heavy atom. The number of fused-ring (bicyclic) bond motifs is 1. The van der Waals surface area contributed by atoms with E-state index in [4.69, 9.17) is 11.6 Å². The Labute approximate surface area is 151 Å². The zero-order valence-corrected chi connectivity index (χ0v) is 15.4. The zero-order valence-electron chi connectivity index (χ0n) is 13.0. The third-order valence-electron chi connectivity index (χ3n) is 3.46. The van der Waals surface area contributed by atoms with Crippen LogP contribution in [0.4, 0.5) is 5.69 Å². The van der Waals surface area contributed by atoms with Crippen molar-refractivity contribution < 1.29 is 4.79 Å². The molecule has 0 unspecified atom stereocenters. The fourth-order valence-corrected chi connectivity index (χ4v) is 4.00. The Hall–Kier alpha value is -1.83. The van der Waals surface area contributed by atoms with Gasteiger partial charge in [0.1, 0.15) is 4.83 Å². The topological polar surface area (TPSA) is 64.0 Å². The highest BCUT2D eigenvalue weighted by Gasteiger charge is 2.12. The van der Waals surface area contributed by atoms with Crippen molar-refractivity contribution in [3.63, 3.8) is 0 Å². The van der Waals surface area contributed by atoms with Gasteiger partial charge in [-0.05, 0) is 42.1 Å². The number of anilines is 1. The number of thioether (sulfide) groups is 1. The molecule has 3 aromatic rings. The maximum absolute atomic E-state index is 12.2. The molecule has 1 amide bonds. The second kappa shape index (κ2) is 6.96. The summed E-state index contributed by atoms with van der Waals surface area (Å²) < 4.78 is 1.47. The number of carbonyl (C=O) groups is 1. The van der Waals surface area contributed by atoms with Crippen LogP contribution >= 0.6 is 34.7 Å². The van der Waals surface area contributed by atoms with Crippen molar-refractivity contribution in [2.75, 3.05) is 11.1 Å². The third kappa shape index (κ3) is 3.48. The minimum absolute atomic E-state index is 0.0993. The van der Waals surface area contributed by atoms with Crippen molar-refractivity contribution in [3.05, 3.63) is 50.6 Å². The molecule has 0 aliphatic heterocycles. The first kappa shape index (κ1) is 17.0. The number of rotatable bonds is 4. The standard InChI is InChI=1S/C16H14ClN3O2S2/c1-9-7-10(17)3-4-12(9)18-13(21)8-24-16-19-14-11(5-6-23-14)15(22)20(16)2/h3-7H,8H2,1-2H3,(H,18,21). The average molecular weight is 380 g/mol. The summed E-state index contributed by atoms with van der Waals surface area (Å²) in [7, 11) is 1.66. The number of benzene rings is 1. The van der Waals surface area contributed by atoms with Crippen molar-refractivity contribution in [2.45, 2.75) is 12.1 Å². The molecule has 0 aliphatic rings. The SMILES string of the molecule is Cc1cc(Cl)ccc1NC(=O)CSc1nc2sccc2c(=O)n1C. The lowest BCUT2D eigenvalue weighted by molar-refractivity contribution is -0.113. The van der Waals surface area contributed by atoms with Gasteiger partial charge in [0.2, 0.25) is 5.91 Å². The Kier molecular flexibility index (Phi) is 4.93. The van der Waals surface area contributed by atoms with Crippen LogP contribution in [0.2, 0.25) is 5.02 Å². The molecule has 1 N–H and O–H groups in total. The molecule has 3 rings (SSSR count). The van der Waals surface area contributed by atoms with Gasteiger partial charge in [-0.15, -0.1) is 11.3 Å². The number of nitrogens with zero attached hydrogens (tertiary/aromatic N) is 2. The van der Waals surface area contributed by atoms with E-state index in [-0.39, 0.29) is 17.2 Å². The van der Waals surface area contributed by atoms with E-state index in [0.717, 1.165) is 11.3 Å². The molecule has 0 fully saturated rings. The van der Waals surface area contributed by atoms with Crippen molar-refractivity contribution in [1.82, 2.24) is 9.55 Å². The molecule has 5 nitrogen and oxygen atoms in total. The van der Waals surface area contributed by atoms with E-state index in [0.29, 0.717) is 20.4 Å². The quantitative estimate of drug-likeness (QED) is 0.554. The van der Waals surface area contributed by atoms with Crippen LogP contribution < -0.4 is 10.9 Å². The summed E-state index contributed by atoms with van der Waals surface area (Å²) >= 11 is 8.56. The lowest BCUT2D eigenvalue weighted by atomic mass is 10.2. The van der Waals surface area contributed by atoms with E-state index in [1.165, 1.54) is 27.7 Å². The average Bonchev–Trinajstić information content (AvgIpc) is 3.01. The molecule has 0 aliphatic carbocycles. The molecule has 0 saturated carbocycles. The van der Waals surface area contributed by atoms with E-state index in [9.17, 15) is 9.59 Å². The van der Waals surface area contributed by atoms with Gasteiger partial charge in [0, 0.05) is 17.8 Å². The van der Waals surface area contributed by atoms with E-state index >= 15 is 0 Å². The Balaban J connectivity index is 1.72. The number of hydrogen-bond donors (Lipinski definition) is 1. The van der Waals surface area contributed by atoms with E-state index in [1.54, 1.807) is 31.3 Å². The normalized spacial score (nSPS) is 11.0. The number of aromatic nitrogens is 2. The second-order valence-corrected chi connectivity index (χ2v) is 7.47. The largest absolute Gasteiger partial charge is 0.325 e. The predicted octanol–water partition coefficient (Wildman–Crippen LogP) is 3.69. The maximum Gasteiger partial charge on any atom is 0.262 e. The number of amides is 1. The summed E-state index contributed by atoms with van der Waals surface area (Å²) in [5.74, 6) is 0.00474. The van der Waals surface area contributed by atoms with Crippen LogP contribution in [0.3, 0.4) is 0 Å². The summed E-state index contributed by atoms with van der Waals surface area (Å²) in [6, 6.07) is 7.05. The molecule has 124 valence electrons. The number of carbonyl (C=O) groups excluding carboxylic acids is 1. The molecule has 0 spiro atoms. The van der Waals surface area contributed by atoms with Crippen molar-refractivity contribution in [1.29, 1.82) is 0 Å². The molecular formula is C16H14ClN3O2S2. The van der Waals surface area contributed by atoms with Crippen LogP contribution in [0.15, 0.2) is 39.6 Å². The van der Waals surface area contributed by atoms with E-state index in [2.05, 4.69) is 10.3 Å². The monoisotopic (exact) mass is 379 g/mol. The molecule has 24 heavy (non-hydrogen) atoms. The fraction of sp³-hybridized carbons (Fsp3) is 0.188. The zero-order chi connectivity index (χ0) is 17.3. The lowest BCUT2D eigenvalue weighted by Crippen LogP contribution is -2.21. The number of hydrogen-bond acceptors (Lipinski definition) is 5. The summed E-state index contributed by atoms with van der Waals surface area (Å²) in [6.07, 6.45) is 0. The number of nitrogens with one attached hydrogen (secondary N) is 1. The van der Waals surface area contributed by atoms with Gasteiger partial charge in [-0.3, -0.25) is 14.2 Å². The van der Waals surface area contributed by atoms with Crippen molar-refractivity contribution in [3.8, 4) is 0 Å².